The van der Waals surface area contributed by atoms with Crippen LogP contribution in [0.2, 0.25) is 5.02 Å². The van der Waals surface area contributed by atoms with Crippen LogP contribution in [0.5, 0.6) is 11.5 Å². The van der Waals surface area contributed by atoms with Gasteiger partial charge in [-0.3, -0.25) is 4.79 Å². The first kappa shape index (κ1) is 15.7. The lowest BCUT2D eigenvalue weighted by Crippen LogP contribution is -2.17. The number of anilines is 1. The summed E-state index contributed by atoms with van der Waals surface area (Å²) in [5, 5.41) is 4.13. The predicted molar refractivity (Wildman–Crippen MR) is 92.3 cm³/mol. The van der Waals surface area contributed by atoms with E-state index in [1.165, 1.54) is 24.6 Å². The summed E-state index contributed by atoms with van der Waals surface area (Å²) in [6.45, 7) is 0.987. The van der Waals surface area contributed by atoms with Crippen LogP contribution in [0, 0.1) is 0 Å². The number of hydrogen-bond acceptors (Lipinski definition) is 5. The van der Waals surface area contributed by atoms with Crippen LogP contribution in [0.4, 0.5) is 5.69 Å². The largest absolute Gasteiger partial charge is 0.486 e. The highest BCUT2D eigenvalue weighted by Gasteiger charge is 2.25. The first-order chi connectivity index (χ1) is 11.7. The molecule has 0 unspecified atom stereocenters. The van der Waals surface area contributed by atoms with Crippen molar-refractivity contribution in [2.75, 3.05) is 24.3 Å². The van der Waals surface area contributed by atoms with E-state index in [1.807, 2.05) is 6.20 Å². The van der Waals surface area contributed by atoms with E-state index in [2.05, 4.69) is 14.9 Å². The molecule has 1 amide bonds. The number of rotatable bonds is 5. The minimum absolute atomic E-state index is 0.135. The van der Waals surface area contributed by atoms with Crippen molar-refractivity contribution >= 4 is 35.0 Å². The zero-order valence-electron chi connectivity index (χ0n) is 12.8. The standard InChI is InChI=1S/C16H16ClN3O3S/c17-11-7-13-14(23-6-5-22-13)8-12(11)19-15(21)9-24-16-18-3-4-20(16)10-1-2-10/h3-4,7-8,10H,1-2,5-6,9H2,(H,19,21). The maximum atomic E-state index is 12.2. The lowest BCUT2D eigenvalue weighted by atomic mass is 10.2. The van der Waals surface area contributed by atoms with Crippen molar-refractivity contribution in [3.63, 3.8) is 0 Å². The average molecular weight is 366 g/mol. The van der Waals surface area contributed by atoms with Gasteiger partial charge in [0.15, 0.2) is 16.7 Å². The van der Waals surface area contributed by atoms with Crippen molar-refractivity contribution in [1.82, 2.24) is 9.55 Å². The van der Waals surface area contributed by atoms with Gasteiger partial charge in [-0.25, -0.2) is 4.98 Å². The molecule has 8 heteroatoms. The van der Waals surface area contributed by atoms with Crippen molar-refractivity contribution < 1.29 is 14.3 Å². The molecule has 1 aromatic carbocycles. The van der Waals surface area contributed by atoms with Crippen LogP contribution < -0.4 is 14.8 Å². The molecule has 0 atom stereocenters. The molecule has 1 aliphatic heterocycles. The highest BCUT2D eigenvalue weighted by molar-refractivity contribution is 7.99. The second-order valence-electron chi connectivity index (χ2n) is 5.66. The average Bonchev–Trinajstić information content (AvgIpc) is 3.32. The number of aromatic nitrogens is 2. The minimum Gasteiger partial charge on any atom is -0.486 e. The lowest BCUT2D eigenvalue weighted by molar-refractivity contribution is -0.113. The number of nitrogens with zero attached hydrogens (tertiary/aromatic N) is 2. The third kappa shape index (κ3) is 3.32. The van der Waals surface area contributed by atoms with Gasteiger partial charge >= 0.3 is 0 Å². The normalized spacial score (nSPS) is 16.0. The molecule has 126 valence electrons. The first-order valence-corrected chi connectivity index (χ1v) is 9.11. The van der Waals surface area contributed by atoms with Gasteiger partial charge in [-0.05, 0) is 12.8 Å². The quantitative estimate of drug-likeness (QED) is 0.823. The zero-order valence-corrected chi connectivity index (χ0v) is 14.4. The second-order valence-corrected chi connectivity index (χ2v) is 7.01. The Kier molecular flexibility index (Phi) is 4.28. The molecule has 1 N–H and O–H groups in total. The molecule has 1 saturated carbocycles. The monoisotopic (exact) mass is 365 g/mol. The van der Waals surface area contributed by atoms with Crippen molar-refractivity contribution in [2.24, 2.45) is 0 Å². The number of thioether (sulfide) groups is 1. The fraction of sp³-hybridized carbons (Fsp3) is 0.375. The fourth-order valence-corrected chi connectivity index (χ4v) is 3.55. The van der Waals surface area contributed by atoms with Crippen LogP contribution in [0.1, 0.15) is 18.9 Å². The Morgan fingerprint density at radius 2 is 2.08 bits per heavy atom. The highest BCUT2D eigenvalue weighted by atomic mass is 35.5. The number of carbonyl (C=O) groups excluding carboxylic acids is 1. The molecule has 0 radical (unpaired) electrons. The summed E-state index contributed by atoms with van der Waals surface area (Å²) in [7, 11) is 0. The molecule has 2 aliphatic rings. The van der Waals surface area contributed by atoms with E-state index in [-0.39, 0.29) is 11.7 Å². The second kappa shape index (κ2) is 6.57. The maximum absolute atomic E-state index is 12.2. The van der Waals surface area contributed by atoms with Crippen LogP contribution in [0.3, 0.4) is 0 Å². The Hall–Kier alpha value is -1.86. The molecular weight excluding hydrogens is 350 g/mol. The predicted octanol–water partition coefficient (Wildman–Crippen LogP) is 3.37. The Morgan fingerprint density at radius 3 is 2.83 bits per heavy atom. The number of fused-ring (bicyclic) bond motifs is 1. The summed E-state index contributed by atoms with van der Waals surface area (Å²) in [4.78, 5) is 16.5. The van der Waals surface area contributed by atoms with E-state index in [4.69, 9.17) is 21.1 Å². The number of imidazole rings is 1. The Balaban J connectivity index is 1.40. The molecule has 0 bridgehead atoms. The Morgan fingerprint density at radius 1 is 1.33 bits per heavy atom. The highest BCUT2D eigenvalue weighted by Crippen LogP contribution is 2.39. The molecular formula is C16H16ClN3O3S. The number of carbonyl (C=O) groups is 1. The maximum Gasteiger partial charge on any atom is 0.234 e. The fourth-order valence-electron chi connectivity index (χ4n) is 2.52. The third-order valence-corrected chi connectivity index (χ3v) is 5.11. The van der Waals surface area contributed by atoms with E-state index in [0.29, 0.717) is 41.5 Å². The number of nitrogens with one attached hydrogen (secondary N) is 1. The number of benzene rings is 1. The van der Waals surface area contributed by atoms with Crippen LogP contribution in [-0.4, -0.2) is 34.4 Å². The van der Waals surface area contributed by atoms with E-state index < -0.39 is 0 Å². The van der Waals surface area contributed by atoms with Crippen LogP contribution >= 0.6 is 23.4 Å². The summed E-state index contributed by atoms with van der Waals surface area (Å²) in [5.41, 5.74) is 0.525. The van der Waals surface area contributed by atoms with Crippen LogP contribution in [0.15, 0.2) is 29.7 Å². The molecule has 6 nitrogen and oxygen atoms in total. The lowest BCUT2D eigenvalue weighted by Gasteiger charge is -2.20. The molecule has 0 spiro atoms. The van der Waals surface area contributed by atoms with Gasteiger partial charge in [-0.1, -0.05) is 23.4 Å². The van der Waals surface area contributed by atoms with Gasteiger partial charge in [-0.15, -0.1) is 0 Å². The Bertz CT molecular complexity index is 776. The summed E-state index contributed by atoms with van der Waals surface area (Å²) in [5.74, 6) is 1.33. The van der Waals surface area contributed by atoms with E-state index in [1.54, 1.807) is 18.3 Å². The molecule has 1 fully saturated rings. The summed E-state index contributed by atoms with van der Waals surface area (Å²) in [6, 6.07) is 3.91. The van der Waals surface area contributed by atoms with E-state index >= 15 is 0 Å². The zero-order chi connectivity index (χ0) is 16.5. The molecule has 24 heavy (non-hydrogen) atoms. The summed E-state index contributed by atoms with van der Waals surface area (Å²) < 4.78 is 13.1. The smallest absolute Gasteiger partial charge is 0.234 e. The van der Waals surface area contributed by atoms with Gasteiger partial charge < -0.3 is 19.4 Å². The summed E-state index contributed by atoms with van der Waals surface area (Å²) in [6.07, 6.45) is 6.11. The number of amides is 1. The van der Waals surface area contributed by atoms with E-state index in [9.17, 15) is 4.79 Å². The summed E-state index contributed by atoms with van der Waals surface area (Å²) >= 11 is 7.63. The molecule has 1 aromatic heterocycles. The van der Waals surface area contributed by atoms with Gasteiger partial charge in [0.05, 0.1) is 16.5 Å². The SMILES string of the molecule is O=C(CSc1nccn1C1CC1)Nc1cc2c(cc1Cl)OCCO2. The number of halogens is 1. The van der Waals surface area contributed by atoms with Crippen molar-refractivity contribution in [1.29, 1.82) is 0 Å². The van der Waals surface area contributed by atoms with Gasteiger partial charge in [-0.2, -0.15) is 0 Å². The van der Waals surface area contributed by atoms with Crippen molar-refractivity contribution in [3.05, 3.63) is 29.5 Å². The molecule has 0 saturated heterocycles. The molecule has 4 rings (SSSR count). The van der Waals surface area contributed by atoms with Gasteiger partial charge in [0.1, 0.15) is 13.2 Å². The molecule has 1 aliphatic carbocycles. The topological polar surface area (TPSA) is 65.4 Å². The first-order valence-electron chi connectivity index (χ1n) is 7.75. The molecule has 2 aromatic rings. The van der Waals surface area contributed by atoms with Crippen LogP contribution in [-0.2, 0) is 4.79 Å². The number of ether oxygens (including phenoxy) is 2. The van der Waals surface area contributed by atoms with Crippen molar-refractivity contribution in [3.8, 4) is 11.5 Å². The Labute approximate surface area is 148 Å². The minimum atomic E-state index is -0.135. The third-order valence-electron chi connectivity index (χ3n) is 3.81. The van der Waals surface area contributed by atoms with Crippen LogP contribution in [0.25, 0.3) is 0 Å². The van der Waals surface area contributed by atoms with Gasteiger partial charge in [0.25, 0.3) is 0 Å². The van der Waals surface area contributed by atoms with E-state index in [0.717, 1.165) is 5.16 Å². The molecule has 2 heterocycles. The van der Waals surface area contributed by atoms with Crippen molar-refractivity contribution in [2.45, 2.75) is 24.0 Å². The van der Waals surface area contributed by atoms with Gasteiger partial charge in [0.2, 0.25) is 5.91 Å². The van der Waals surface area contributed by atoms with Gasteiger partial charge in [0, 0.05) is 30.6 Å². The number of hydrogen-bond donors (Lipinski definition) is 1.